The van der Waals surface area contributed by atoms with Crippen LogP contribution in [0.3, 0.4) is 0 Å². The van der Waals surface area contributed by atoms with Crippen molar-refractivity contribution in [2.24, 2.45) is 16.2 Å². The lowest BCUT2D eigenvalue weighted by Crippen LogP contribution is -2.45. The van der Waals surface area contributed by atoms with E-state index in [0.29, 0.717) is 6.42 Å². The lowest BCUT2D eigenvalue weighted by atomic mass is 9.61. The zero-order valence-corrected chi connectivity index (χ0v) is 14.3. The first kappa shape index (κ1) is 18.9. The highest BCUT2D eigenvalue weighted by Crippen LogP contribution is 2.47. The summed E-state index contributed by atoms with van der Waals surface area (Å²) >= 11 is 0. The summed E-state index contributed by atoms with van der Waals surface area (Å²) in [5.41, 5.74) is -0.790. The number of hydrogen-bond donors (Lipinski definition) is 1. The van der Waals surface area contributed by atoms with Gasteiger partial charge in [-0.25, -0.2) is 0 Å². The topological polar surface area (TPSA) is 55.4 Å². The highest BCUT2D eigenvalue weighted by Gasteiger charge is 2.47. The maximum absolute atomic E-state index is 12.5. The third-order valence-electron chi connectivity index (χ3n) is 3.78. The van der Waals surface area contributed by atoms with E-state index in [4.69, 9.17) is 4.74 Å². The first-order valence-corrected chi connectivity index (χ1v) is 7.27. The lowest BCUT2D eigenvalue weighted by Gasteiger charge is -2.43. The van der Waals surface area contributed by atoms with Crippen molar-refractivity contribution in [3.63, 3.8) is 0 Å². The van der Waals surface area contributed by atoms with Crippen molar-refractivity contribution in [1.29, 1.82) is 0 Å². The molecule has 1 unspecified atom stereocenters. The summed E-state index contributed by atoms with van der Waals surface area (Å²) in [4.78, 5) is 23.7. The molecule has 0 aromatic rings. The maximum atomic E-state index is 12.5. The molecule has 0 heterocycles. The lowest BCUT2D eigenvalue weighted by molar-refractivity contribution is -0.165. The van der Waals surface area contributed by atoms with Crippen LogP contribution >= 0.6 is 0 Å². The van der Waals surface area contributed by atoms with Gasteiger partial charge in [-0.1, -0.05) is 48.5 Å². The molecule has 4 nitrogen and oxygen atoms in total. The van der Waals surface area contributed by atoms with Gasteiger partial charge in [0.15, 0.2) is 6.73 Å². The first-order valence-electron chi connectivity index (χ1n) is 7.27. The second kappa shape index (κ2) is 6.59. The maximum Gasteiger partial charge on any atom is 0.314 e. The fourth-order valence-electron chi connectivity index (χ4n) is 2.17. The molecule has 0 saturated heterocycles. The van der Waals surface area contributed by atoms with Crippen LogP contribution in [0.2, 0.25) is 0 Å². The van der Waals surface area contributed by atoms with Crippen molar-refractivity contribution in [2.75, 3.05) is 6.73 Å². The minimum Gasteiger partial charge on any atom is -0.444 e. The highest BCUT2D eigenvalue weighted by molar-refractivity contribution is 5.78. The Morgan fingerprint density at radius 1 is 1.00 bits per heavy atom. The van der Waals surface area contributed by atoms with Crippen molar-refractivity contribution in [3.05, 3.63) is 0 Å². The molecule has 20 heavy (non-hydrogen) atoms. The van der Waals surface area contributed by atoms with Gasteiger partial charge in [-0.2, -0.15) is 0 Å². The van der Waals surface area contributed by atoms with Gasteiger partial charge in [-0.15, -0.1) is 0 Å². The molecule has 0 aliphatic rings. The zero-order chi connectivity index (χ0) is 16.2. The standard InChI is InChI=1S/C16H31NO3/c1-9-12(18)17-11-20-13(19)16(8,15(5,6)7)10-14(2,3)4/h9-11H2,1-8H3,(H,17,18). The molecule has 0 radical (unpaired) electrons. The van der Waals surface area contributed by atoms with E-state index in [1.165, 1.54) is 0 Å². The number of ether oxygens (including phenoxy) is 1. The summed E-state index contributed by atoms with van der Waals surface area (Å²) in [6.45, 7) is 16.1. The number of carbonyl (C=O) groups excluding carboxylic acids is 2. The van der Waals surface area contributed by atoms with Crippen LogP contribution in [-0.2, 0) is 14.3 Å². The first-order chi connectivity index (χ1) is 8.83. The fourth-order valence-corrected chi connectivity index (χ4v) is 2.17. The van der Waals surface area contributed by atoms with Crippen LogP contribution < -0.4 is 5.32 Å². The van der Waals surface area contributed by atoms with Crippen LogP contribution in [-0.4, -0.2) is 18.6 Å². The summed E-state index contributed by atoms with van der Waals surface area (Å²) < 4.78 is 5.28. The van der Waals surface area contributed by atoms with E-state index in [1.54, 1.807) is 6.92 Å². The van der Waals surface area contributed by atoms with Crippen molar-refractivity contribution in [1.82, 2.24) is 5.32 Å². The average molecular weight is 285 g/mol. The molecule has 0 aliphatic heterocycles. The van der Waals surface area contributed by atoms with Crippen LogP contribution in [0.5, 0.6) is 0 Å². The number of nitrogens with one attached hydrogen (secondary N) is 1. The quantitative estimate of drug-likeness (QED) is 0.621. The Labute approximate surface area is 123 Å². The normalized spacial score (nSPS) is 15.4. The van der Waals surface area contributed by atoms with Crippen molar-refractivity contribution >= 4 is 11.9 Å². The number of rotatable bonds is 5. The molecule has 1 amide bonds. The third kappa shape index (κ3) is 5.51. The van der Waals surface area contributed by atoms with Gasteiger partial charge < -0.3 is 10.1 Å². The number of esters is 1. The van der Waals surface area contributed by atoms with Crippen molar-refractivity contribution in [2.45, 2.75) is 68.2 Å². The summed E-state index contributed by atoms with van der Waals surface area (Å²) in [5, 5.41) is 2.57. The van der Waals surface area contributed by atoms with Crippen LogP contribution in [0.25, 0.3) is 0 Å². The van der Waals surface area contributed by atoms with Crippen LogP contribution in [0.15, 0.2) is 0 Å². The number of hydrogen-bond acceptors (Lipinski definition) is 3. The van der Waals surface area contributed by atoms with Gasteiger partial charge in [-0.3, -0.25) is 9.59 Å². The molecule has 0 rings (SSSR count). The molecule has 1 atom stereocenters. The van der Waals surface area contributed by atoms with Crippen LogP contribution in [0.4, 0.5) is 0 Å². The molecule has 0 fully saturated rings. The largest absolute Gasteiger partial charge is 0.444 e. The fraction of sp³-hybridized carbons (Fsp3) is 0.875. The van der Waals surface area contributed by atoms with Gasteiger partial charge in [0.25, 0.3) is 0 Å². The Bertz CT molecular complexity index is 350. The molecule has 0 aliphatic carbocycles. The zero-order valence-electron chi connectivity index (χ0n) is 14.3. The Balaban J connectivity index is 4.89. The Hall–Kier alpha value is -1.06. The highest BCUT2D eigenvalue weighted by atomic mass is 16.5. The van der Waals surface area contributed by atoms with Crippen LogP contribution in [0, 0.1) is 16.2 Å². The van der Waals surface area contributed by atoms with Crippen molar-refractivity contribution in [3.8, 4) is 0 Å². The Morgan fingerprint density at radius 2 is 1.50 bits per heavy atom. The molecule has 118 valence electrons. The molecule has 1 N–H and O–H groups in total. The Morgan fingerprint density at radius 3 is 1.85 bits per heavy atom. The molecule has 0 bridgehead atoms. The molecule has 0 aromatic carbocycles. The molecule has 0 spiro atoms. The molecular weight excluding hydrogens is 254 g/mol. The van der Waals surface area contributed by atoms with E-state index in [9.17, 15) is 9.59 Å². The van der Waals surface area contributed by atoms with Gasteiger partial charge in [0.2, 0.25) is 5.91 Å². The predicted octanol–water partition coefficient (Wildman–Crippen LogP) is 3.50. The van der Waals surface area contributed by atoms with Gasteiger partial charge in [-0.05, 0) is 24.2 Å². The summed E-state index contributed by atoms with van der Waals surface area (Å²) in [5.74, 6) is -0.373. The summed E-state index contributed by atoms with van der Waals surface area (Å²) in [6.07, 6.45) is 1.11. The van der Waals surface area contributed by atoms with E-state index in [2.05, 4.69) is 26.1 Å². The van der Waals surface area contributed by atoms with E-state index in [-0.39, 0.29) is 29.4 Å². The second-order valence-electron chi connectivity index (χ2n) is 7.85. The van der Waals surface area contributed by atoms with Crippen molar-refractivity contribution < 1.29 is 14.3 Å². The second-order valence-corrected chi connectivity index (χ2v) is 7.85. The minimum atomic E-state index is -0.595. The molecule has 0 saturated carbocycles. The summed E-state index contributed by atoms with van der Waals surface area (Å²) in [7, 11) is 0. The van der Waals surface area contributed by atoms with Gasteiger partial charge in [0, 0.05) is 6.42 Å². The van der Waals surface area contributed by atoms with Crippen LogP contribution in [0.1, 0.15) is 68.2 Å². The average Bonchev–Trinajstić information content (AvgIpc) is 2.24. The summed E-state index contributed by atoms with van der Waals surface area (Å²) in [6, 6.07) is 0. The number of carbonyl (C=O) groups is 2. The van der Waals surface area contributed by atoms with Gasteiger partial charge in [0.05, 0.1) is 5.41 Å². The minimum absolute atomic E-state index is 0.0215. The smallest absolute Gasteiger partial charge is 0.314 e. The predicted molar refractivity (Wildman–Crippen MR) is 81.0 cm³/mol. The van der Waals surface area contributed by atoms with E-state index >= 15 is 0 Å². The number of amides is 1. The molecule has 0 aromatic heterocycles. The van der Waals surface area contributed by atoms with Gasteiger partial charge >= 0.3 is 5.97 Å². The third-order valence-corrected chi connectivity index (χ3v) is 3.78. The molecule has 4 heteroatoms. The Kier molecular flexibility index (Phi) is 6.25. The van der Waals surface area contributed by atoms with E-state index < -0.39 is 5.41 Å². The SMILES string of the molecule is CCC(=O)NCOC(=O)C(C)(CC(C)(C)C)C(C)(C)C. The van der Waals surface area contributed by atoms with E-state index in [1.807, 2.05) is 27.7 Å². The molecular formula is C16H31NO3. The van der Waals surface area contributed by atoms with Gasteiger partial charge in [0.1, 0.15) is 0 Å². The van der Waals surface area contributed by atoms with E-state index in [0.717, 1.165) is 6.42 Å². The monoisotopic (exact) mass is 285 g/mol.